The van der Waals surface area contributed by atoms with E-state index in [2.05, 4.69) is 25.6 Å². The van der Waals surface area contributed by atoms with Crippen LogP contribution in [0.25, 0.3) is 11.5 Å². The van der Waals surface area contributed by atoms with Gasteiger partial charge in [0.2, 0.25) is 0 Å². The van der Waals surface area contributed by atoms with Crippen molar-refractivity contribution in [2.24, 2.45) is 0 Å². The summed E-state index contributed by atoms with van der Waals surface area (Å²) >= 11 is 5.90. The highest BCUT2D eigenvalue weighted by atomic mass is 35.5. The number of nitriles is 1. The van der Waals surface area contributed by atoms with E-state index < -0.39 is 29.5 Å². The molecule has 14 heteroatoms. The number of aliphatic hydroxyl groups is 1. The van der Waals surface area contributed by atoms with E-state index in [9.17, 15) is 27.9 Å². The lowest BCUT2D eigenvalue weighted by atomic mass is 10.2. The van der Waals surface area contributed by atoms with Crippen LogP contribution in [0.15, 0.2) is 49.1 Å². The standard InChI is InChI=1S/C19H11ClF4N8O/c20-14-6-11(21)1-2-15(14)31-16(19(22,23)24)13(9-29-31)18(33)30-12-5-10(7-25)17(26-8-12)32-27-3-4-28-32/h1-6,8-9,18,30,33H. The summed E-state index contributed by atoms with van der Waals surface area (Å²) in [4.78, 5) is 5.12. The van der Waals surface area contributed by atoms with Gasteiger partial charge in [0, 0.05) is 0 Å². The fraction of sp³-hybridized carbons (Fsp3) is 0.105. The van der Waals surface area contributed by atoms with Gasteiger partial charge in [0.25, 0.3) is 0 Å². The van der Waals surface area contributed by atoms with Crippen LogP contribution in [0.3, 0.4) is 0 Å². The molecule has 0 saturated carbocycles. The Hall–Kier alpha value is -4.02. The molecule has 168 valence electrons. The number of nitrogens with one attached hydrogen (secondary N) is 1. The van der Waals surface area contributed by atoms with Crippen molar-refractivity contribution < 1.29 is 22.7 Å². The quantitative estimate of drug-likeness (QED) is 0.332. The molecule has 0 spiro atoms. The summed E-state index contributed by atoms with van der Waals surface area (Å²) in [5, 5.41) is 33.5. The first-order chi connectivity index (χ1) is 15.7. The van der Waals surface area contributed by atoms with Gasteiger partial charge >= 0.3 is 6.18 Å². The minimum Gasteiger partial charge on any atom is -0.369 e. The number of aromatic nitrogens is 6. The number of hydrogen-bond donors (Lipinski definition) is 2. The number of alkyl halides is 3. The highest BCUT2D eigenvalue weighted by Gasteiger charge is 2.40. The molecule has 1 atom stereocenters. The largest absolute Gasteiger partial charge is 0.433 e. The minimum atomic E-state index is -4.95. The lowest BCUT2D eigenvalue weighted by Gasteiger charge is -2.18. The van der Waals surface area contributed by atoms with E-state index in [1.54, 1.807) is 0 Å². The van der Waals surface area contributed by atoms with Crippen LogP contribution < -0.4 is 5.32 Å². The van der Waals surface area contributed by atoms with E-state index in [-0.39, 0.29) is 27.8 Å². The van der Waals surface area contributed by atoms with Crippen LogP contribution in [0.2, 0.25) is 5.02 Å². The Bertz CT molecular complexity index is 1350. The Morgan fingerprint density at radius 3 is 2.48 bits per heavy atom. The summed E-state index contributed by atoms with van der Waals surface area (Å²) in [6, 6.07) is 5.96. The van der Waals surface area contributed by atoms with Crippen molar-refractivity contribution in [3.8, 4) is 17.6 Å². The molecule has 4 aromatic rings. The molecule has 0 aliphatic heterocycles. The van der Waals surface area contributed by atoms with Crippen molar-refractivity contribution in [2.45, 2.75) is 12.4 Å². The zero-order valence-electron chi connectivity index (χ0n) is 16.2. The zero-order valence-corrected chi connectivity index (χ0v) is 16.9. The monoisotopic (exact) mass is 478 g/mol. The van der Waals surface area contributed by atoms with Crippen molar-refractivity contribution in [1.29, 1.82) is 5.26 Å². The minimum absolute atomic E-state index is 0.00762. The van der Waals surface area contributed by atoms with Crippen LogP contribution >= 0.6 is 11.6 Å². The number of anilines is 1. The molecular formula is C19H11ClF4N8O. The first-order valence-corrected chi connectivity index (χ1v) is 9.39. The molecule has 0 fully saturated rings. The molecule has 0 radical (unpaired) electrons. The Labute approximate surface area is 187 Å². The molecule has 0 aliphatic rings. The third-order valence-electron chi connectivity index (χ3n) is 4.40. The van der Waals surface area contributed by atoms with Gasteiger partial charge in [0.15, 0.2) is 17.7 Å². The van der Waals surface area contributed by atoms with E-state index in [1.165, 1.54) is 24.7 Å². The van der Waals surface area contributed by atoms with Crippen LogP contribution in [0.1, 0.15) is 23.0 Å². The van der Waals surface area contributed by atoms with E-state index in [0.717, 1.165) is 29.2 Å². The Kier molecular flexibility index (Phi) is 5.71. The molecule has 1 aromatic carbocycles. The average Bonchev–Trinajstić information content (AvgIpc) is 3.43. The number of benzene rings is 1. The Balaban J connectivity index is 1.70. The van der Waals surface area contributed by atoms with Crippen molar-refractivity contribution in [1.82, 2.24) is 29.8 Å². The smallest absolute Gasteiger partial charge is 0.369 e. The third kappa shape index (κ3) is 4.34. The number of hydrogen-bond acceptors (Lipinski definition) is 7. The fourth-order valence-electron chi connectivity index (χ4n) is 3.02. The number of rotatable bonds is 5. The van der Waals surface area contributed by atoms with E-state index >= 15 is 0 Å². The maximum absolute atomic E-state index is 13.9. The second kappa shape index (κ2) is 8.49. The van der Waals surface area contributed by atoms with Gasteiger partial charge in [-0.3, -0.25) is 0 Å². The molecule has 0 bridgehead atoms. The highest BCUT2D eigenvalue weighted by molar-refractivity contribution is 6.32. The zero-order chi connectivity index (χ0) is 23.8. The van der Waals surface area contributed by atoms with Crippen LogP contribution in [-0.4, -0.2) is 34.9 Å². The molecule has 0 aliphatic carbocycles. The molecule has 3 heterocycles. The van der Waals surface area contributed by atoms with Gasteiger partial charge in [-0.05, 0) is 24.3 Å². The maximum Gasteiger partial charge on any atom is 0.433 e. The van der Waals surface area contributed by atoms with Crippen LogP contribution in [0.4, 0.5) is 23.2 Å². The highest BCUT2D eigenvalue weighted by Crippen LogP contribution is 2.37. The summed E-state index contributed by atoms with van der Waals surface area (Å²) in [6.45, 7) is 0. The van der Waals surface area contributed by atoms with Gasteiger partial charge in [-0.25, -0.2) is 14.1 Å². The van der Waals surface area contributed by atoms with Crippen LogP contribution in [0, 0.1) is 17.1 Å². The molecule has 9 nitrogen and oxygen atoms in total. The second-order valence-electron chi connectivity index (χ2n) is 6.53. The molecule has 0 saturated heterocycles. The first kappa shape index (κ1) is 22.2. The Morgan fingerprint density at radius 1 is 1.12 bits per heavy atom. The summed E-state index contributed by atoms with van der Waals surface area (Å²) in [7, 11) is 0. The van der Waals surface area contributed by atoms with Crippen LogP contribution in [0.5, 0.6) is 0 Å². The van der Waals surface area contributed by atoms with Crippen molar-refractivity contribution in [2.75, 3.05) is 5.32 Å². The maximum atomic E-state index is 13.9. The number of nitrogens with zero attached hydrogens (tertiary/aromatic N) is 7. The van der Waals surface area contributed by atoms with Gasteiger partial charge in [0.05, 0.1) is 46.7 Å². The molecule has 2 N–H and O–H groups in total. The van der Waals surface area contributed by atoms with Crippen molar-refractivity contribution in [3.63, 3.8) is 0 Å². The van der Waals surface area contributed by atoms with Crippen LogP contribution in [-0.2, 0) is 6.18 Å². The van der Waals surface area contributed by atoms with Gasteiger partial charge in [0.1, 0.15) is 17.4 Å². The molecule has 3 aromatic heterocycles. The summed E-state index contributed by atoms with van der Waals surface area (Å²) in [5.41, 5.74) is -2.11. The average molecular weight is 479 g/mol. The fourth-order valence-corrected chi connectivity index (χ4v) is 3.27. The van der Waals surface area contributed by atoms with E-state index in [0.29, 0.717) is 4.68 Å². The van der Waals surface area contributed by atoms with Gasteiger partial charge in [-0.15, -0.1) is 4.80 Å². The topological polar surface area (TPSA) is 117 Å². The van der Waals surface area contributed by atoms with Gasteiger partial charge < -0.3 is 10.4 Å². The molecule has 33 heavy (non-hydrogen) atoms. The number of aliphatic hydroxyl groups excluding tert-OH is 1. The molecule has 4 rings (SSSR count). The lowest BCUT2D eigenvalue weighted by molar-refractivity contribution is -0.144. The van der Waals surface area contributed by atoms with Crippen molar-refractivity contribution in [3.05, 3.63) is 76.7 Å². The van der Waals surface area contributed by atoms with E-state index in [1.807, 2.05) is 6.07 Å². The number of pyridine rings is 1. The van der Waals surface area contributed by atoms with Gasteiger partial charge in [-0.2, -0.15) is 33.7 Å². The summed E-state index contributed by atoms with van der Waals surface area (Å²) in [5.74, 6) is -0.641. The molecular weight excluding hydrogens is 468 g/mol. The second-order valence-corrected chi connectivity index (χ2v) is 6.93. The normalized spacial score (nSPS) is 12.4. The summed E-state index contributed by atoms with van der Waals surface area (Å²) in [6.07, 6.45) is -2.09. The molecule has 0 amide bonds. The first-order valence-electron chi connectivity index (χ1n) is 9.01. The van der Waals surface area contributed by atoms with Crippen molar-refractivity contribution >= 4 is 17.3 Å². The lowest BCUT2D eigenvalue weighted by Crippen LogP contribution is -2.20. The van der Waals surface area contributed by atoms with Gasteiger partial charge in [-0.1, -0.05) is 11.6 Å². The third-order valence-corrected chi connectivity index (χ3v) is 4.70. The summed E-state index contributed by atoms with van der Waals surface area (Å²) < 4.78 is 55.4. The molecule has 1 unspecified atom stereocenters. The Morgan fingerprint density at radius 2 is 1.85 bits per heavy atom. The predicted molar refractivity (Wildman–Crippen MR) is 106 cm³/mol. The van der Waals surface area contributed by atoms with E-state index in [4.69, 9.17) is 11.6 Å². The predicted octanol–water partition coefficient (Wildman–Crippen LogP) is 3.63. The SMILES string of the molecule is N#Cc1cc(NC(O)c2cnn(-c3ccc(F)cc3Cl)c2C(F)(F)F)cnc1-n1nccn1. The number of halogens is 5.